The number of carboxylic acids is 2. The lowest BCUT2D eigenvalue weighted by molar-refractivity contribution is -0.134. The largest absolute Gasteiger partial charge is 0.478 e. The predicted molar refractivity (Wildman–Crippen MR) is 85.6 cm³/mol. The molecule has 0 unspecified atom stereocenters. The Bertz CT molecular complexity index is 610. The first kappa shape index (κ1) is 17.4. The van der Waals surface area contributed by atoms with Crippen molar-refractivity contribution in [2.75, 3.05) is 4.41 Å². The van der Waals surface area contributed by atoms with Gasteiger partial charge in [0.1, 0.15) is 0 Å². The minimum Gasteiger partial charge on any atom is -0.478 e. The zero-order chi connectivity index (χ0) is 16.5. The van der Waals surface area contributed by atoms with E-state index in [4.69, 9.17) is 10.2 Å². The van der Waals surface area contributed by atoms with Crippen LogP contribution < -0.4 is 4.41 Å². The van der Waals surface area contributed by atoms with Crippen molar-refractivity contribution in [2.24, 2.45) is 5.10 Å². The third kappa shape index (κ3) is 6.23. The van der Waals surface area contributed by atoms with Crippen LogP contribution in [-0.2, 0) is 9.59 Å². The van der Waals surface area contributed by atoms with Gasteiger partial charge in [0.15, 0.2) is 0 Å². The van der Waals surface area contributed by atoms with Gasteiger partial charge in [-0.15, -0.1) is 0 Å². The number of allylic oxidation sites excluding steroid dienone is 1. The molecule has 2 heterocycles. The van der Waals surface area contributed by atoms with Crippen molar-refractivity contribution in [3.63, 3.8) is 0 Å². The molecule has 8 heteroatoms. The molecule has 22 heavy (non-hydrogen) atoms. The van der Waals surface area contributed by atoms with Gasteiger partial charge in [-0.05, 0) is 37.0 Å². The molecular formula is C14H15N3O4S. The molecule has 0 aliphatic carbocycles. The van der Waals surface area contributed by atoms with Crippen LogP contribution in [0, 0.1) is 0 Å². The van der Waals surface area contributed by atoms with Crippen molar-refractivity contribution >= 4 is 35.3 Å². The van der Waals surface area contributed by atoms with E-state index in [0.29, 0.717) is 12.2 Å². The molecule has 0 bridgehead atoms. The summed E-state index contributed by atoms with van der Waals surface area (Å²) in [6.07, 6.45) is 4.66. The van der Waals surface area contributed by atoms with E-state index in [0.717, 1.165) is 11.4 Å². The topological polar surface area (TPSA) is 103 Å². The Morgan fingerprint density at radius 2 is 1.68 bits per heavy atom. The lowest BCUT2D eigenvalue weighted by Crippen LogP contribution is -2.12. The maximum Gasteiger partial charge on any atom is 0.328 e. The number of carboxylic acid groups (broad SMARTS) is 2. The summed E-state index contributed by atoms with van der Waals surface area (Å²) in [7, 11) is 0. The minimum absolute atomic E-state index is 0.558. The van der Waals surface area contributed by atoms with E-state index in [9.17, 15) is 9.59 Å². The van der Waals surface area contributed by atoms with Crippen molar-refractivity contribution in [3.05, 3.63) is 47.7 Å². The van der Waals surface area contributed by atoms with Crippen LogP contribution in [0.4, 0.5) is 5.69 Å². The van der Waals surface area contributed by atoms with Crippen LogP contribution in [0.25, 0.3) is 0 Å². The Labute approximate surface area is 131 Å². The Hall–Kier alpha value is -2.61. The Balaban J connectivity index is 0.000000261. The van der Waals surface area contributed by atoms with Gasteiger partial charge in [0.25, 0.3) is 0 Å². The second kappa shape index (κ2) is 8.63. The maximum absolute atomic E-state index is 9.55. The summed E-state index contributed by atoms with van der Waals surface area (Å²) >= 11 is 1.58. The number of carbonyl (C=O) groups is 2. The van der Waals surface area contributed by atoms with E-state index in [1.807, 2.05) is 23.5 Å². The van der Waals surface area contributed by atoms with Gasteiger partial charge in [0.05, 0.1) is 11.4 Å². The number of hydrazone groups is 1. The second-order valence-electron chi connectivity index (χ2n) is 4.08. The number of hydrogen-bond acceptors (Lipinski definition) is 6. The molecule has 0 radical (unpaired) electrons. The molecule has 0 aromatic carbocycles. The van der Waals surface area contributed by atoms with Gasteiger partial charge in [-0.3, -0.25) is 4.98 Å². The average molecular weight is 321 g/mol. The molecule has 0 atom stereocenters. The number of hydrogen-bond donors (Lipinski definition) is 2. The van der Waals surface area contributed by atoms with Crippen molar-refractivity contribution in [3.8, 4) is 0 Å². The molecular weight excluding hydrogens is 306 g/mol. The van der Waals surface area contributed by atoms with Gasteiger partial charge in [-0.1, -0.05) is 0 Å². The highest BCUT2D eigenvalue weighted by molar-refractivity contribution is 8.03. The average Bonchev–Trinajstić information content (AvgIpc) is 2.49. The molecule has 0 spiro atoms. The van der Waals surface area contributed by atoms with E-state index >= 15 is 0 Å². The Morgan fingerprint density at radius 3 is 2.14 bits per heavy atom. The van der Waals surface area contributed by atoms with E-state index in [-0.39, 0.29) is 0 Å². The van der Waals surface area contributed by atoms with Crippen LogP contribution in [0.3, 0.4) is 0 Å². The molecule has 0 fully saturated rings. The van der Waals surface area contributed by atoms with Crippen LogP contribution in [0.5, 0.6) is 0 Å². The van der Waals surface area contributed by atoms with Crippen molar-refractivity contribution < 1.29 is 19.8 Å². The number of anilines is 1. The van der Waals surface area contributed by atoms with Gasteiger partial charge in [-0.25, -0.2) is 14.0 Å². The number of rotatable bonds is 3. The highest BCUT2D eigenvalue weighted by atomic mass is 32.2. The van der Waals surface area contributed by atoms with Crippen molar-refractivity contribution in [1.29, 1.82) is 0 Å². The standard InChI is InChI=1S/C10H11N3S.C4H4O4/c1-8-7-14-13(12-9(8)2)10-3-5-11-6-4-10;5-3(6)1-2-4(7)8/h3-7H,1-2H3;1-2H,(H,5,6)(H,7,8)/b;2-1-. The normalized spacial score (nSPS) is 13.8. The van der Waals surface area contributed by atoms with Crippen LogP contribution in [-0.4, -0.2) is 32.8 Å². The smallest absolute Gasteiger partial charge is 0.328 e. The van der Waals surface area contributed by atoms with E-state index < -0.39 is 11.9 Å². The third-order valence-electron chi connectivity index (χ3n) is 2.39. The van der Waals surface area contributed by atoms with E-state index in [1.54, 1.807) is 24.3 Å². The molecule has 1 aromatic rings. The molecule has 116 valence electrons. The fourth-order valence-corrected chi connectivity index (χ4v) is 2.03. The van der Waals surface area contributed by atoms with Crippen LogP contribution in [0.15, 0.2) is 52.8 Å². The summed E-state index contributed by atoms with van der Waals surface area (Å²) in [6, 6.07) is 3.89. The maximum atomic E-state index is 9.55. The first-order valence-corrected chi connectivity index (χ1v) is 6.97. The SMILES string of the molecule is CC1=CSN(c2ccncc2)N=C1C.O=C(O)/C=C\C(=O)O. The van der Waals surface area contributed by atoms with Gasteiger partial charge in [-0.2, -0.15) is 5.10 Å². The summed E-state index contributed by atoms with van der Waals surface area (Å²) in [4.78, 5) is 23.1. The molecule has 0 saturated heterocycles. The lowest BCUT2D eigenvalue weighted by Gasteiger charge is -2.20. The van der Waals surface area contributed by atoms with Gasteiger partial charge >= 0.3 is 11.9 Å². The summed E-state index contributed by atoms with van der Waals surface area (Å²) in [5.41, 5.74) is 3.33. The predicted octanol–water partition coefficient (Wildman–Crippen LogP) is 2.54. The van der Waals surface area contributed by atoms with Gasteiger partial charge in [0.2, 0.25) is 0 Å². The number of aliphatic carboxylic acids is 2. The zero-order valence-electron chi connectivity index (χ0n) is 12.0. The fraction of sp³-hybridized carbons (Fsp3) is 0.143. The summed E-state index contributed by atoms with van der Waals surface area (Å²) < 4.78 is 1.89. The van der Waals surface area contributed by atoms with Gasteiger partial charge < -0.3 is 10.2 Å². The first-order valence-electron chi connectivity index (χ1n) is 6.13. The summed E-state index contributed by atoms with van der Waals surface area (Å²) in [5, 5.41) is 22.2. The molecule has 1 aliphatic rings. The fourth-order valence-electron chi connectivity index (χ4n) is 1.19. The highest BCUT2D eigenvalue weighted by Gasteiger charge is 2.10. The second-order valence-corrected chi connectivity index (χ2v) is 4.87. The van der Waals surface area contributed by atoms with Crippen LogP contribution in [0.1, 0.15) is 13.8 Å². The number of aromatic nitrogens is 1. The monoisotopic (exact) mass is 321 g/mol. The summed E-state index contributed by atoms with van der Waals surface area (Å²) in [6.45, 7) is 4.08. The zero-order valence-corrected chi connectivity index (χ0v) is 12.8. The molecule has 1 aliphatic heterocycles. The molecule has 0 amide bonds. The minimum atomic E-state index is -1.26. The highest BCUT2D eigenvalue weighted by Crippen LogP contribution is 2.27. The third-order valence-corrected chi connectivity index (χ3v) is 3.34. The van der Waals surface area contributed by atoms with E-state index in [2.05, 4.69) is 22.4 Å². The van der Waals surface area contributed by atoms with Crippen molar-refractivity contribution in [1.82, 2.24) is 4.98 Å². The van der Waals surface area contributed by atoms with Gasteiger partial charge in [0, 0.05) is 36.5 Å². The molecule has 0 saturated carbocycles. The number of nitrogens with zero attached hydrogens (tertiary/aromatic N) is 3. The molecule has 2 rings (SSSR count). The lowest BCUT2D eigenvalue weighted by atomic mass is 10.2. The number of pyridine rings is 1. The van der Waals surface area contributed by atoms with E-state index in [1.165, 1.54) is 5.57 Å². The molecule has 2 N–H and O–H groups in total. The van der Waals surface area contributed by atoms with Crippen molar-refractivity contribution in [2.45, 2.75) is 13.8 Å². The summed E-state index contributed by atoms with van der Waals surface area (Å²) in [5.74, 6) is -2.51. The van der Waals surface area contributed by atoms with Crippen LogP contribution in [0.2, 0.25) is 0 Å². The quantitative estimate of drug-likeness (QED) is 0.651. The van der Waals surface area contributed by atoms with Crippen LogP contribution >= 0.6 is 11.9 Å². The first-order chi connectivity index (χ1) is 10.4. The Morgan fingerprint density at radius 1 is 1.14 bits per heavy atom. The molecule has 7 nitrogen and oxygen atoms in total. The Kier molecular flexibility index (Phi) is 6.84. The molecule has 1 aromatic heterocycles.